The molecule has 0 aliphatic heterocycles. The standard InChI is InChI=1S/C24H21NO4/c26-23(27)22(14-16-8-2-1-3-9-16)25-24(28)29-15-21-19-12-6-4-10-17(19)18-11-5-7-13-20(18)21/h1-13,21-22H,14-15H2,(H,25,28)(H,26,27)/t22-/m0/s1/i/hD. The molecule has 5 heteroatoms. The van der Waals surface area contributed by atoms with Crippen molar-refractivity contribution in [2.75, 3.05) is 6.61 Å². The number of hydrogen-bond donors (Lipinski definition) is 2. The Morgan fingerprint density at radius 3 is 2.14 bits per heavy atom. The minimum atomic E-state index is -0.999. The Labute approximate surface area is 170 Å². The summed E-state index contributed by atoms with van der Waals surface area (Å²) in [7, 11) is 0. The van der Waals surface area contributed by atoms with E-state index >= 15 is 0 Å². The molecule has 1 aliphatic rings. The van der Waals surface area contributed by atoms with Crippen LogP contribution in [0.1, 0.15) is 22.6 Å². The number of benzene rings is 3. The Hall–Kier alpha value is -3.60. The third kappa shape index (κ3) is 3.99. The summed E-state index contributed by atoms with van der Waals surface area (Å²) in [5.74, 6) is -0.911. The van der Waals surface area contributed by atoms with Gasteiger partial charge in [-0.15, -0.1) is 0 Å². The molecule has 2 N–H and O–H groups in total. The molecule has 29 heavy (non-hydrogen) atoms. The van der Waals surface area contributed by atoms with E-state index in [2.05, 4.69) is 22.6 Å². The van der Waals surface area contributed by atoms with Crippen molar-refractivity contribution >= 4 is 12.1 Å². The maximum atomic E-state index is 12.4. The quantitative estimate of drug-likeness (QED) is 0.663. The van der Waals surface area contributed by atoms with Crippen LogP contribution in [-0.4, -0.2) is 29.8 Å². The van der Waals surface area contributed by atoms with Gasteiger partial charge in [0.05, 0.1) is 0 Å². The van der Waals surface area contributed by atoms with E-state index in [0.29, 0.717) is 0 Å². The van der Waals surface area contributed by atoms with Crippen LogP contribution in [0.5, 0.6) is 0 Å². The summed E-state index contributed by atoms with van der Waals surface area (Å²) in [6, 6.07) is 24.3. The second-order valence-corrected chi connectivity index (χ2v) is 7.03. The molecular formula is C24H21NO4. The van der Waals surface area contributed by atoms with E-state index in [1.54, 1.807) is 0 Å². The highest BCUT2D eigenvalue weighted by Crippen LogP contribution is 2.44. The molecule has 4 rings (SSSR count). The number of amides is 1. The largest absolute Gasteiger partial charge is 0.480 e. The molecule has 0 saturated heterocycles. The zero-order valence-corrected chi connectivity index (χ0v) is 15.7. The van der Waals surface area contributed by atoms with E-state index in [-0.39, 0.29) is 18.9 Å². The number of fused-ring (bicyclic) bond motifs is 3. The van der Waals surface area contributed by atoms with Crippen molar-refractivity contribution in [3.63, 3.8) is 0 Å². The summed E-state index contributed by atoms with van der Waals surface area (Å²) in [5.41, 5.74) is 5.34. The Bertz CT molecular complexity index is 1010. The molecule has 1 atom stereocenters. The molecular weight excluding hydrogens is 366 g/mol. The van der Waals surface area contributed by atoms with Gasteiger partial charge in [0.1, 0.15) is 12.6 Å². The van der Waals surface area contributed by atoms with Gasteiger partial charge in [0.2, 0.25) is 0 Å². The highest BCUT2D eigenvalue weighted by atomic mass is 16.5. The van der Waals surface area contributed by atoms with Crippen LogP contribution in [0.15, 0.2) is 78.9 Å². The van der Waals surface area contributed by atoms with Crippen LogP contribution in [0.25, 0.3) is 12.6 Å². The first-order chi connectivity index (χ1) is 14.7. The van der Waals surface area contributed by atoms with Gasteiger partial charge in [-0.25, -0.2) is 9.59 Å². The van der Waals surface area contributed by atoms with Crippen molar-refractivity contribution in [1.82, 2.24) is 5.32 Å². The molecule has 0 unspecified atom stereocenters. The van der Waals surface area contributed by atoms with E-state index in [0.717, 1.165) is 27.8 Å². The van der Waals surface area contributed by atoms with E-state index < -0.39 is 18.1 Å². The fraction of sp³-hybridized carbons (Fsp3) is 0.167. The Morgan fingerprint density at radius 2 is 1.52 bits per heavy atom. The van der Waals surface area contributed by atoms with Crippen LogP contribution in [-0.2, 0) is 16.0 Å². The molecule has 1 amide bonds. The topological polar surface area (TPSA) is 75.6 Å². The SMILES string of the molecule is [2H]OC(=O)[C@H](Cc1ccccc1)NC(=O)OCC1c2ccccc2-c2ccccc21. The van der Waals surface area contributed by atoms with Crippen molar-refractivity contribution in [2.24, 2.45) is 0 Å². The second kappa shape index (κ2) is 8.19. The lowest BCUT2D eigenvalue weighted by Gasteiger charge is -2.17. The van der Waals surface area contributed by atoms with Crippen molar-refractivity contribution in [3.8, 4) is 11.1 Å². The number of ether oxygens (including phenoxy) is 1. The van der Waals surface area contributed by atoms with Crippen molar-refractivity contribution in [3.05, 3.63) is 95.6 Å². The molecule has 0 radical (unpaired) electrons. The van der Waals surface area contributed by atoms with E-state index in [9.17, 15) is 9.59 Å². The average Bonchev–Trinajstić information content (AvgIpc) is 3.11. The smallest absolute Gasteiger partial charge is 0.407 e. The van der Waals surface area contributed by atoms with Crippen molar-refractivity contribution < 1.29 is 19.4 Å². The number of carboxylic acid groups (broad SMARTS) is 1. The van der Waals surface area contributed by atoms with Crippen molar-refractivity contribution in [1.29, 1.82) is 1.43 Å². The van der Waals surface area contributed by atoms with Gasteiger partial charge in [-0.2, -0.15) is 0 Å². The number of carbonyl (C=O) groups excluding carboxylic acids is 1. The van der Waals surface area contributed by atoms with E-state index in [4.69, 9.17) is 6.17 Å². The highest BCUT2D eigenvalue weighted by molar-refractivity contribution is 5.81. The van der Waals surface area contributed by atoms with Gasteiger partial charge in [-0.05, 0) is 27.8 Å². The molecule has 0 bridgehead atoms. The van der Waals surface area contributed by atoms with Crippen LogP contribution in [0.4, 0.5) is 4.79 Å². The number of alkyl carbamates (subject to hydrolysis) is 1. The Kier molecular flexibility index (Phi) is 4.94. The lowest BCUT2D eigenvalue weighted by Crippen LogP contribution is -2.42. The minimum Gasteiger partial charge on any atom is -0.480 e. The molecule has 3 aromatic rings. The predicted octanol–water partition coefficient (Wildman–Crippen LogP) is 4.22. The fourth-order valence-electron chi connectivity index (χ4n) is 3.83. The summed E-state index contributed by atoms with van der Waals surface area (Å²) < 4.78 is 12.4. The fourth-order valence-corrected chi connectivity index (χ4v) is 3.83. The van der Waals surface area contributed by atoms with E-state index in [1.807, 2.05) is 66.7 Å². The number of rotatable bonds is 6. The number of carboxylic acids is 1. The molecule has 0 aromatic heterocycles. The minimum absolute atomic E-state index is 0.0705. The zero-order valence-electron chi connectivity index (χ0n) is 16.7. The molecule has 0 fully saturated rings. The Balaban J connectivity index is 1.44. The molecule has 0 heterocycles. The summed E-state index contributed by atoms with van der Waals surface area (Å²) in [5, 5.41) is 6.63. The van der Waals surface area contributed by atoms with Gasteiger partial charge < -0.3 is 15.2 Å². The number of aliphatic carboxylic acids is 1. The first kappa shape index (κ1) is 17.5. The maximum Gasteiger partial charge on any atom is 0.407 e. The predicted molar refractivity (Wildman–Crippen MR) is 110 cm³/mol. The number of hydrogen-bond acceptors (Lipinski definition) is 4. The highest BCUT2D eigenvalue weighted by Gasteiger charge is 2.29. The third-order valence-electron chi connectivity index (χ3n) is 5.20. The maximum absolute atomic E-state index is 12.4. The first-order valence-corrected chi connectivity index (χ1v) is 9.50. The van der Waals surface area contributed by atoms with Crippen LogP contribution < -0.4 is 5.32 Å². The molecule has 3 aromatic carbocycles. The zero-order chi connectivity index (χ0) is 20.9. The van der Waals surface area contributed by atoms with Gasteiger partial charge in [0.25, 0.3) is 1.43 Å². The van der Waals surface area contributed by atoms with Gasteiger partial charge in [-0.1, -0.05) is 78.9 Å². The lowest BCUT2D eigenvalue weighted by atomic mass is 9.98. The van der Waals surface area contributed by atoms with Crippen molar-refractivity contribution in [2.45, 2.75) is 18.4 Å². The molecule has 1 aliphatic carbocycles. The summed E-state index contributed by atoms with van der Waals surface area (Å²) in [6.45, 7) is 0.147. The van der Waals surface area contributed by atoms with Crippen LogP contribution in [0.2, 0.25) is 0 Å². The number of nitrogens with one attached hydrogen (secondary N) is 1. The van der Waals surface area contributed by atoms with Crippen LogP contribution in [0.3, 0.4) is 0 Å². The summed E-state index contributed by atoms with van der Waals surface area (Å²) >= 11 is 0. The lowest BCUT2D eigenvalue weighted by molar-refractivity contribution is -0.139. The normalized spacial score (nSPS) is 13.6. The first-order valence-electron chi connectivity index (χ1n) is 9.90. The van der Waals surface area contributed by atoms with Gasteiger partial charge in [-0.3, -0.25) is 0 Å². The molecule has 5 nitrogen and oxygen atoms in total. The molecule has 146 valence electrons. The summed E-state index contributed by atoms with van der Waals surface area (Å²) in [4.78, 5) is 24.4. The molecule has 0 saturated carbocycles. The summed E-state index contributed by atoms with van der Waals surface area (Å²) in [6.07, 6.45) is -0.508. The molecule has 0 spiro atoms. The Morgan fingerprint density at radius 1 is 0.931 bits per heavy atom. The van der Waals surface area contributed by atoms with E-state index in [1.165, 1.54) is 0 Å². The van der Waals surface area contributed by atoms with Gasteiger partial charge >= 0.3 is 12.1 Å². The van der Waals surface area contributed by atoms with Gasteiger partial charge in [0.15, 0.2) is 0 Å². The van der Waals surface area contributed by atoms with Crippen LogP contribution in [0, 0.1) is 0 Å². The van der Waals surface area contributed by atoms with Crippen LogP contribution >= 0.6 is 0 Å². The number of carbonyl (C=O) groups is 2. The second-order valence-electron chi connectivity index (χ2n) is 7.03. The average molecular weight is 388 g/mol. The monoisotopic (exact) mass is 388 g/mol. The van der Waals surface area contributed by atoms with Gasteiger partial charge in [0, 0.05) is 12.3 Å². The third-order valence-corrected chi connectivity index (χ3v) is 5.20.